The van der Waals surface area contributed by atoms with Gasteiger partial charge in [-0.1, -0.05) is 103 Å². The van der Waals surface area contributed by atoms with Crippen molar-refractivity contribution < 1.29 is 0 Å². The van der Waals surface area contributed by atoms with Gasteiger partial charge in [-0.15, -0.1) is 0 Å². The van der Waals surface area contributed by atoms with Crippen LogP contribution in [-0.2, 0) is 0 Å². The summed E-state index contributed by atoms with van der Waals surface area (Å²) in [6, 6.07) is 57.4. The molecule has 0 spiro atoms. The van der Waals surface area contributed by atoms with Gasteiger partial charge in [-0.25, -0.2) is 0 Å². The monoisotopic (exact) mass is 488 g/mol. The van der Waals surface area contributed by atoms with Crippen LogP contribution in [0.1, 0.15) is 0 Å². The van der Waals surface area contributed by atoms with E-state index < -0.39 is 0 Å². The maximum absolute atomic E-state index is 3.57. The minimum absolute atomic E-state index is 1.05. The number of benzene rings is 6. The molecule has 1 N–H and O–H groups in total. The largest absolute Gasteiger partial charge is 0.356 e. The molecular weight excluding hydrogens is 460 g/mol. The van der Waals surface area contributed by atoms with Gasteiger partial charge in [0.15, 0.2) is 0 Å². The van der Waals surface area contributed by atoms with Gasteiger partial charge in [-0.05, 0) is 82.9 Å². The smallest absolute Gasteiger partial charge is 0.0467 e. The summed E-state index contributed by atoms with van der Waals surface area (Å²) < 4.78 is 0. The van der Waals surface area contributed by atoms with E-state index >= 15 is 0 Å². The first-order valence-corrected chi connectivity index (χ1v) is 12.9. The van der Waals surface area contributed by atoms with Crippen molar-refractivity contribution in [2.75, 3.05) is 10.2 Å². The molecule has 0 bridgehead atoms. The van der Waals surface area contributed by atoms with Crippen LogP contribution in [-0.4, -0.2) is 0 Å². The summed E-state index contributed by atoms with van der Waals surface area (Å²) in [4.78, 5) is 2.30. The van der Waals surface area contributed by atoms with E-state index in [2.05, 4.69) is 168 Å². The van der Waals surface area contributed by atoms with Crippen LogP contribution in [0.3, 0.4) is 0 Å². The minimum Gasteiger partial charge on any atom is -0.356 e. The van der Waals surface area contributed by atoms with Gasteiger partial charge in [0.2, 0.25) is 0 Å². The minimum atomic E-state index is 1.05. The van der Waals surface area contributed by atoms with E-state index in [1.807, 2.05) is 6.07 Å². The van der Waals surface area contributed by atoms with Gasteiger partial charge >= 0.3 is 0 Å². The molecule has 6 aromatic rings. The fraction of sp³-hybridized carbons (Fsp3) is 0. The number of rotatable bonds is 7. The average molecular weight is 489 g/mol. The van der Waals surface area contributed by atoms with Crippen LogP contribution in [0.4, 0.5) is 28.4 Å². The molecule has 0 saturated heterocycles. The third-order valence-electron chi connectivity index (χ3n) is 6.61. The molecule has 0 atom stereocenters. The Balaban J connectivity index is 1.30. The van der Waals surface area contributed by atoms with Crippen molar-refractivity contribution in [2.24, 2.45) is 0 Å². The van der Waals surface area contributed by atoms with Gasteiger partial charge in [0, 0.05) is 28.4 Å². The van der Waals surface area contributed by atoms with Crippen molar-refractivity contribution in [3.8, 4) is 22.3 Å². The second-order valence-corrected chi connectivity index (χ2v) is 9.21. The normalized spacial score (nSPS) is 10.6. The first-order chi connectivity index (χ1) is 18.8. The van der Waals surface area contributed by atoms with Crippen LogP contribution in [0.15, 0.2) is 164 Å². The van der Waals surface area contributed by atoms with E-state index in [4.69, 9.17) is 0 Å². The first kappa shape index (κ1) is 23.3. The van der Waals surface area contributed by atoms with Gasteiger partial charge in [-0.3, -0.25) is 0 Å². The fourth-order valence-electron chi connectivity index (χ4n) is 4.75. The quantitative estimate of drug-likeness (QED) is 0.240. The van der Waals surface area contributed by atoms with Gasteiger partial charge in [0.25, 0.3) is 0 Å². The number of para-hydroxylation sites is 1. The number of nitrogens with one attached hydrogen (secondary N) is 1. The molecular formula is C36H28N2. The van der Waals surface area contributed by atoms with Crippen molar-refractivity contribution in [3.05, 3.63) is 164 Å². The maximum atomic E-state index is 3.57. The van der Waals surface area contributed by atoms with Gasteiger partial charge in [0.1, 0.15) is 0 Å². The molecule has 38 heavy (non-hydrogen) atoms. The lowest BCUT2D eigenvalue weighted by atomic mass is 10.0. The van der Waals surface area contributed by atoms with E-state index in [-0.39, 0.29) is 0 Å². The first-order valence-electron chi connectivity index (χ1n) is 12.9. The Labute approximate surface area is 224 Å². The highest BCUT2D eigenvalue weighted by molar-refractivity contribution is 5.81. The molecule has 0 saturated carbocycles. The van der Waals surface area contributed by atoms with Crippen LogP contribution >= 0.6 is 0 Å². The average Bonchev–Trinajstić information content (AvgIpc) is 3.00. The van der Waals surface area contributed by atoms with Crippen LogP contribution in [0.2, 0.25) is 0 Å². The SMILES string of the molecule is c1ccc(-c2cccc(Nc3ccc(N(c4ccccc4)c4cccc(-c5ccccc5)c4)cc3)c2)cc1. The Morgan fingerprint density at radius 2 is 0.789 bits per heavy atom. The molecule has 6 aromatic carbocycles. The number of anilines is 5. The Bertz CT molecular complexity index is 1610. The van der Waals surface area contributed by atoms with E-state index in [1.54, 1.807) is 0 Å². The van der Waals surface area contributed by atoms with Crippen molar-refractivity contribution in [1.29, 1.82) is 0 Å². The molecule has 0 aliphatic heterocycles. The topological polar surface area (TPSA) is 15.3 Å². The van der Waals surface area contributed by atoms with Crippen LogP contribution in [0.25, 0.3) is 22.3 Å². The molecule has 0 heterocycles. The van der Waals surface area contributed by atoms with Crippen LogP contribution in [0.5, 0.6) is 0 Å². The third kappa shape index (κ3) is 5.21. The van der Waals surface area contributed by atoms with Crippen LogP contribution < -0.4 is 10.2 Å². The number of hydrogen-bond acceptors (Lipinski definition) is 2. The Morgan fingerprint density at radius 1 is 0.316 bits per heavy atom. The third-order valence-corrected chi connectivity index (χ3v) is 6.61. The number of hydrogen-bond donors (Lipinski definition) is 1. The fourth-order valence-corrected chi connectivity index (χ4v) is 4.75. The van der Waals surface area contributed by atoms with E-state index in [1.165, 1.54) is 22.3 Å². The molecule has 0 fully saturated rings. The van der Waals surface area contributed by atoms with E-state index in [0.717, 1.165) is 28.4 Å². The highest BCUT2D eigenvalue weighted by Gasteiger charge is 2.13. The summed E-state index contributed by atoms with van der Waals surface area (Å²) >= 11 is 0. The second-order valence-electron chi connectivity index (χ2n) is 9.21. The lowest BCUT2D eigenvalue weighted by Gasteiger charge is -2.26. The summed E-state index contributed by atoms with van der Waals surface area (Å²) in [5, 5.41) is 3.57. The second kappa shape index (κ2) is 10.9. The Morgan fingerprint density at radius 3 is 1.42 bits per heavy atom. The summed E-state index contributed by atoms with van der Waals surface area (Å²) in [6.07, 6.45) is 0. The molecule has 0 radical (unpaired) electrons. The van der Waals surface area contributed by atoms with Crippen molar-refractivity contribution in [1.82, 2.24) is 0 Å². The Kier molecular flexibility index (Phi) is 6.69. The zero-order chi connectivity index (χ0) is 25.6. The zero-order valence-electron chi connectivity index (χ0n) is 21.0. The Hall–Kier alpha value is -5.08. The highest BCUT2D eigenvalue weighted by Crippen LogP contribution is 2.37. The lowest BCUT2D eigenvalue weighted by Crippen LogP contribution is -2.09. The summed E-state index contributed by atoms with van der Waals surface area (Å²) in [5.41, 5.74) is 10.3. The summed E-state index contributed by atoms with van der Waals surface area (Å²) in [7, 11) is 0. The van der Waals surface area contributed by atoms with Crippen molar-refractivity contribution in [3.63, 3.8) is 0 Å². The molecule has 182 valence electrons. The molecule has 0 amide bonds. The lowest BCUT2D eigenvalue weighted by molar-refractivity contribution is 1.28. The molecule has 0 aliphatic rings. The molecule has 2 nitrogen and oxygen atoms in total. The molecule has 6 rings (SSSR count). The van der Waals surface area contributed by atoms with Gasteiger partial charge in [-0.2, -0.15) is 0 Å². The van der Waals surface area contributed by atoms with Gasteiger partial charge < -0.3 is 10.2 Å². The van der Waals surface area contributed by atoms with Crippen LogP contribution in [0, 0.1) is 0 Å². The number of nitrogens with zero attached hydrogens (tertiary/aromatic N) is 1. The van der Waals surface area contributed by atoms with Gasteiger partial charge in [0.05, 0.1) is 0 Å². The van der Waals surface area contributed by atoms with E-state index in [9.17, 15) is 0 Å². The predicted octanol–water partition coefficient (Wildman–Crippen LogP) is 10.2. The van der Waals surface area contributed by atoms with Crippen molar-refractivity contribution >= 4 is 28.4 Å². The predicted molar refractivity (Wildman–Crippen MR) is 162 cm³/mol. The summed E-state index contributed by atoms with van der Waals surface area (Å²) in [5.74, 6) is 0. The summed E-state index contributed by atoms with van der Waals surface area (Å²) in [6.45, 7) is 0. The molecule has 0 unspecified atom stereocenters. The molecule has 0 aliphatic carbocycles. The standard InChI is InChI=1S/C36H28N2/c1-4-12-28(13-5-1)30-16-10-18-33(26-30)37-32-22-24-35(25-23-32)38(34-19-8-3-9-20-34)36-21-11-17-31(27-36)29-14-6-2-7-15-29/h1-27,37H. The molecule has 0 aromatic heterocycles. The maximum Gasteiger partial charge on any atom is 0.0467 e. The van der Waals surface area contributed by atoms with Crippen molar-refractivity contribution in [2.45, 2.75) is 0 Å². The molecule has 2 heteroatoms. The van der Waals surface area contributed by atoms with E-state index in [0.29, 0.717) is 0 Å². The zero-order valence-corrected chi connectivity index (χ0v) is 21.0. The highest BCUT2D eigenvalue weighted by atomic mass is 15.1.